The monoisotopic (exact) mass is 188 g/mol. The van der Waals surface area contributed by atoms with Gasteiger partial charge in [-0.1, -0.05) is 27.7 Å². The van der Waals surface area contributed by atoms with Crippen LogP contribution < -0.4 is 0 Å². The second kappa shape index (κ2) is 6.39. The van der Waals surface area contributed by atoms with Crippen LogP contribution in [-0.4, -0.2) is 22.9 Å². The van der Waals surface area contributed by atoms with Gasteiger partial charge in [0.1, 0.15) is 0 Å². The quantitative estimate of drug-likeness (QED) is 0.669. The molecule has 2 nitrogen and oxygen atoms in total. The molecule has 0 aliphatic heterocycles. The zero-order chi connectivity index (χ0) is 10.4. The fraction of sp³-hybridized carbons (Fsp3) is 1.00. The van der Waals surface area contributed by atoms with Gasteiger partial charge >= 0.3 is 0 Å². The molecule has 0 aliphatic carbocycles. The lowest BCUT2D eigenvalue weighted by Gasteiger charge is -2.23. The Morgan fingerprint density at radius 2 is 1.38 bits per heavy atom. The molecule has 0 radical (unpaired) electrons. The highest BCUT2D eigenvalue weighted by Gasteiger charge is 2.20. The normalized spacial score (nSPS) is 16.6. The van der Waals surface area contributed by atoms with E-state index >= 15 is 0 Å². The Morgan fingerprint density at radius 1 is 0.923 bits per heavy atom. The molecule has 0 saturated heterocycles. The third-order valence-corrected chi connectivity index (χ3v) is 2.27. The Morgan fingerprint density at radius 3 is 1.69 bits per heavy atom. The second-order valence-electron chi connectivity index (χ2n) is 4.77. The Labute approximate surface area is 82.0 Å². The van der Waals surface area contributed by atoms with Crippen molar-refractivity contribution in [2.24, 2.45) is 17.8 Å². The van der Waals surface area contributed by atoms with Crippen molar-refractivity contribution in [1.29, 1.82) is 0 Å². The van der Waals surface area contributed by atoms with Gasteiger partial charge in [-0.2, -0.15) is 0 Å². The number of rotatable bonds is 6. The Kier molecular flexibility index (Phi) is 6.35. The van der Waals surface area contributed by atoms with Crippen molar-refractivity contribution in [3.05, 3.63) is 0 Å². The molecular formula is C11H24O2. The van der Waals surface area contributed by atoms with Crippen LogP contribution in [0.25, 0.3) is 0 Å². The maximum Gasteiger partial charge on any atom is 0.0592 e. The average Bonchev–Trinajstić information content (AvgIpc) is 1.98. The second-order valence-corrected chi connectivity index (χ2v) is 4.77. The Hall–Kier alpha value is -0.0800. The molecule has 0 aromatic carbocycles. The van der Waals surface area contributed by atoms with E-state index in [0.29, 0.717) is 11.8 Å². The molecule has 2 N–H and O–H groups in total. The van der Waals surface area contributed by atoms with E-state index < -0.39 is 0 Å². The number of hydrogen-bond acceptors (Lipinski definition) is 2. The summed E-state index contributed by atoms with van der Waals surface area (Å²) in [5.74, 6) is 1.09. The van der Waals surface area contributed by atoms with Crippen LogP contribution >= 0.6 is 0 Å². The molecule has 0 saturated carbocycles. The van der Waals surface area contributed by atoms with Crippen LogP contribution in [0.15, 0.2) is 0 Å². The van der Waals surface area contributed by atoms with Crippen molar-refractivity contribution in [2.75, 3.05) is 6.61 Å². The highest BCUT2D eigenvalue weighted by atomic mass is 16.3. The van der Waals surface area contributed by atoms with Crippen LogP contribution in [0.4, 0.5) is 0 Å². The summed E-state index contributed by atoms with van der Waals surface area (Å²) < 4.78 is 0. The summed E-state index contributed by atoms with van der Waals surface area (Å²) in [5, 5.41) is 18.9. The number of aliphatic hydroxyl groups is 2. The molecule has 0 aliphatic rings. The van der Waals surface area contributed by atoms with Gasteiger partial charge in [0.05, 0.1) is 6.10 Å². The van der Waals surface area contributed by atoms with Crippen LogP contribution in [0.5, 0.6) is 0 Å². The first-order valence-electron chi connectivity index (χ1n) is 5.26. The third-order valence-electron chi connectivity index (χ3n) is 2.27. The molecule has 2 heteroatoms. The van der Waals surface area contributed by atoms with Gasteiger partial charge in [0.25, 0.3) is 0 Å². The van der Waals surface area contributed by atoms with Gasteiger partial charge in [0, 0.05) is 12.5 Å². The van der Waals surface area contributed by atoms with Crippen molar-refractivity contribution in [3.63, 3.8) is 0 Å². The van der Waals surface area contributed by atoms with E-state index in [1.807, 2.05) is 0 Å². The summed E-state index contributed by atoms with van der Waals surface area (Å²) in [5.41, 5.74) is 0. The SMILES string of the molecule is CC(C)CC(O)C(CO)CC(C)C. The largest absolute Gasteiger partial charge is 0.396 e. The summed E-state index contributed by atoms with van der Waals surface area (Å²) in [6, 6.07) is 0. The van der Waals surface area contributed by atoms with Crippen LogP contribution in [0, 0.1) is 17.8 Å². The zero-order valence-corrected chi connectivity index (χ0v) is 9.33. The average molecular weight is 188 g/mol. The molecule has 13 heavy (non-hydrogen) atoms. The number of hydrogen-bond donors (Lipinski definition) is 2. The highest BCUT2D eigenvalue weighted by Crippen LogP contribution is 2.19. The minimum atomic E-state index is -0.340. The van der Waals surface area contributed by atoms with Gasteiger partial charge in [-0.25, -0.2) is 0 Å². The van der Waals surface area contributed by atoms with Gasteiger partial charge in [0.2, 0.25) is 0 Å². The van der Waals surface area contributed by atoms with Gasteiger partial charge < -0.3 is 10.2 Å². The molecular weight excluding hydrogens is 164 g/mol. The Bertz CT molecular complexity index is 121. The van der Waals surface area contributed by atoms with E-state index in [1.165, 1.54) is 0 Å². The van der Waals surface area contributed by atoms with E-state index in [1.54, 1.807) is 0 Å². The zero-order valence-electron chi connectivity index (χ0n) is 9.33. The summed E-state index contributed by atoms with van der Waals surface area (Å²) >= 11 is 0. The first-order valence-corrected chi connectivity index (χ1v) is 5.26. The van der Waals surface area contributed by atoms with Crippen molar-refractivity contribution in [1.82, 2.24) is 0 Å². The summed E-state index contributed by atoms with van der Waals surface area (Å²) in [4.78, 5) is 0. The predicted octanol–water partition coefficient (Wildman–Crippen LogP) is 2.05. The lowest BCUT2D eigenvalue weighted by atomic mass is 9.88. The van der Waals surface area contributed by atoms with Crippen molar-refractivity contribution >= 4 is 0 Å². The maximum atomic E-state index is 9.77. The van der Waals surface area contributed by atoms with E-state index in [4.69, 9.17) is 5.11 Å². The van der Waals surface area contributed by atoms with Gasteiger partial charge in [-0.3, -0.25) is 0 Å². The van der Waals surface area contributed by atoms with Crippen LogP contribution in [0.1, 0.15) is 40.5 Å². The molecule has 0 spiro atoms. The fourth-order valence-electron chi connectivity index (χ4n) is 1.63. The van der Waals surface area contributed by atoms with E-state index in [-0.39, 0.29) is 18.6 Å². The summed E-state index contributed by atoms with van der Waals surface area (Å²) in [6.45, 7) is 8.52. The summed E-state index contributed by atoms with van der Waals surface area (Å²) in [7, 11) is 0. The van der Waals surface area contributed by atoms with Crippen LogP contribution in [0.2, 0.25) is 0 Å². The topological polar surface area (TPSA) is 40.5 Å². The van der Waals surface area contributed by atoms with E-state index in [9.17, 15) is 5.11 Å². The van der Waals surface area contributed by atoms with E-state index in [2.05, 4.69) is 27.7 Å². The Balaban J connectivity index is 3.91. The molecule has 0 fully saturated rings. The summed E-state index contributed by atoms with van der Waals surface area (Å²) in [6.07, 6.45) is 1.36. The van der Waals surface area contributed by atoms with Gasteiger partial charge in [-0.15, -0.1) is 0 Å². The molecule has 2 atom stereocenters. The molecule has 0 aromatic heterocycles. The molecule has 2 unspecified atom stereocenters. The van der Waals surface area contributed by atoms with Crippen molar-refractivity contribution in [2.45, 2.75) is 46.6 Å². The first-order chi connectivity index (χ1) is 5.97. The molecule has 0 amide bonds. The van der Waals surface area contributed by atoms with Gasteiger partial charge in [0.15, 0.2) is 0 Å². The molecule has 0 bridgehead atoms. The van der Waals surface area contributed by atoms with Crippen molar-refractivity contribution in [3.8, 4) is 0 Å². The maximum absolute atomic E-state index is 9.77. The molecule has 0 aromatic rings. The minimum absolute atomic E-state index is 0.0578. The van der Waals surface area contributed by atoms with Crippen molar-refractivity contribution < 1.29 is 10.2 Å². The van der Waals surface area contributed by atoms with Gasteiger partial charge in [-0.05, 0) is 24.7 Å². The number of aliphatic hydroxyl groups excluding tert-OH is 2. The highest BCUT2D eigenvalue weighted by molar-refractivity contribution is 4.70. The first kappa shape index (κ1) is 12.9. The molecule has 80 valence electrons. The smallest absolute Gasteiger partial charge is 0.0592 e. The lowest BCUT2D eigenvalue weighted by molar-refractivity contribution is 0.0411. The minimum Gasteiger partial charge on any atom is -0.396 e. The van der Waals surface area contributed by atoms with Crippen LogP contribution in [-0.2, 0) is 0 Å². The lowest BCUT2D eigenvalue weighted by Crippen LogP contribution is -2.26. The van der Waals surface area contributed by atoms with E-state index in [0.717, 1.165) is 12.8 Å². The fourth-order valence-corrected chi connectivity index (χ4v) is 1.63. The standard InChI is InChI=1S/C11H24O2/c1-8(2)5-10(7-12)11(13)6-9(3)4/h8-13H,5-7H2,1-4H3. The molecule has 0 rings (SSSR count). The molecule has 0 heterocycles. The predicted molar refractivity (Wildman–Crippen MR) is 55.5 cm³/mol. The third kappa shape index (κ3) is 6.05. The van der Waals surface area contributed by atoms with Crippen LogP contribution in [0.3, 0.4) is 0 Å².